The van der Waals surface area contributed by atoms with E-state index in [1.54, 1.807) is 42.5 Å². The summed E-state index contributed by atoms with van der Waals surface area (Å²) in [5.41, 5.74) is 1.31. The van der Waals surface area contributed by atoms with Crippen LogP contribution >= 0.6 is 50.6 Å². The number of amides is 3. The van der Waals surface area contributed by atoms with Crippen LogP contribution in [0.5, 0.6) is 5.75 Å². The Kier molecular flexibility index (Phi) is 7.49. The number of carbonyl (C=O) groups excluding carboxylic acids is 3. The van der Waals surface area contributed by atoms with Crippen LogP contribution in [0, 0.1) is 11.7 Å². The van der Waals surface area contributed by atoms with Crippen LogP contribution in [-0.2, 0) is 14.4 Å². The van der Waals surface area contributed by atoms with Crippen LogP contribution in [0.2, 0.25) is 5.02 Å². The summed E-state index contributed by atoms with van der Waals surface area (Å²) in [7, 11) is 0. The van der Waals surface area contributed by atoms with E-state index in [9.17, 15) is 23.6 Å². The highest BCUT2D eigenvalue weighted by Gasteiger charge is 2.56. The third-order valence-electron chi connectivity index (χ3n) is 6.70. The quantitative estimate of drug-likeness (QED) is 0.250. The molecular formula is C28H18BrClFN3O5S2. The molecule has 0 radical (unpaired) electrons. The largest absolute Gasteiger partial charge is 0.483 e. The summed E-state index contributed by atoms with van der Waals surface area (Å²) in [5.74, 6) is -3.05. The molecule has 2 aliphatic rings. The summed E-state index contributed by atoms with van der Waals surface area (Å²) in [6.07, 6.45) is 0. The number of anilines is 2. The number of carbonyl (C=O) groups is 3. The number of thioether (sulfide) groups is 1. The molecule has 1 saturated heterocycles. The van der Waals surface area contributed by atoms with Gasteiger partial charge >= 0.3 is 4.87 Å². The van der Waals surface area contributed by atoms with Gasteiger partial charge in [-0.1, -0.05) is 50.6 Å². The number of fused-ring (bicyclic) bond motifs is 2. The maximum Gasteiger partial charge on any atom is 0.305 e. The molecule has 41 heavy (non-hydrogen) atoms. The highest BCUT2D eigenvalue weighted by Crippen LogP contribution is 2.54. The molecule has 0 spiro atoms. The number of aromatic nitrogens is 1. The predicted octanol–water partition coefficient (Wildman–Crippen LogP) is 5.80. The molecule has 0 saturated carbocycles. The molecule has 0 bridgehead atoms. The summed E-state index contributed by atoms with van der Waals surface area (Å²) < 4.78 is 19.9. The van der Waals surface area contributed by atoms with Crippen molar-refractivity contribution in [2.75, 3.05) is 16.8 Å². The van der Waals surface area contributed by atoms with Gasteiger partial charge in [0.05, 0.1) is 16.6 Å². The first-order valence-corrected chi connectivity index (χ1v) is 15.1. The minimum Gasteiger partial charge on any atom is -0.483 e. The van der Waals surface area contributed by atoms with Crippen molar-refractivity contribution >= 4 is 79.7 Å². The summed E-state index contributed by atoms with van der Waals surface area (Å²) >= 11 is 11.9. The van der Waals surface area contributed by atoms with Gasteiger partial charge in [0.15, 0.2) is 6.61 Å². The molecule has 4 aromatic rings. The van der Waals surface area contributed by atoms with Gasteiger partial charge in [-0.15, -0.1) is 0 Å². The Balaban J connectivity index is 1.36. The van der Waals surface area contributed by atoms with Crippen molar-refractivity contribution < 1.29 is 23.5 Å². The Morgan fingerprint density at radius 1 is 1.05 bits per heavy atom. The molecule has 1 aromatic heterocycles. The normalized spacial score (nSPS) is 19.6. The van der Waals surface area contributed by atoms with E-state index >= 15 is 0 Å². The van der Waals surface area contributed by atoms with Gasteiger partial charge in [0.1, 0.15) is 16.8 Å². The average Bonchev–Trinajstić information content (AvgIpc) is 3.44. The molecule has 2 aliphatic heterocycles. The monoisotopic (exact) mass is 673 g/mol. The van der Waals surface area contributed by atoms with Crippen molar-refractivity contribution in [1.82, 2.24) is 4.98 Å². The summed E-state index contributed by atoms with van der Waals surface area (Å²) in [5, 5.41) is 2.69. The van der Waals surface area contributed by atoms with Crippen LogP contribution in [-0.4, -0.2) is 34.6 Å². The molecule has 2 N–H and O–H groups in total. The number of ether oxygens (including phenoxy) is 1. The number of halogens is 3. The zero-order valence-electron chi connectivity index (χ0n) is 20.7. The average molecular weight is 675 g/mol. The van der Waals surface area contributed by atoms with Crippen molar-refractivity contribution in [3.8, 4) is 5.75 Å². The molecular weight excluding hydrogens is 657 g/mol. The lowest BCUT2D eigenvalue weighted by molar-refractivity contribution is -0.122. The molecule has 3 heterocycles. The highest BCUT2D eigenvalue weighted by atomic mass is 79.9. The van der Waals surface area contributed by atoms with E-state index in [1.165, 1.54) is 29.2 Å². The Bertz CT molecular complexity index is 1740. The van der Waals surface area contributed by atoms with E-state index in [1.807, 2.05) is 0 Å². The van der Waals surface area contributed by atoms with Crippen molar-refractivity contribution in [1.29, 1.82) is 0 Å². The molecule has 6 rings (SSSR count). The van der Waals surface area contributed by atoms with Gasteiger partial charge in [-0.2, -0.15) is 0 Å². The first-order valence-electron chi connectivity index (χ1n) is 12.2. The topological polar surface area (TPSA) is 109 Å². The second-order valence-corrected chi connectivity index (χ2v) is 12.8. The fourth-order valence-electron chi connectivity index (χ4n) is 4.96. The van der Waals surface area contributed by atoms with Crippen molar-refractivity contribution in [3.05, 3.63) is 102 Å². The van der Waals surface area contributed by atoms with Crippen LogP contribution in [0.4, 0.5) is 15.8 Å². The highest BCUT2D eigenvalue weighted by molar-refractivity contribution is 9.10. The van der Waals surface area contributed by atoms with Crippen LogP contribution in [0.1, 0.15) is 16.4 Å². The summed E-state index contributed by atoms with van der Waals surface area (Å²) in [4.78, 5) is 56.9. The lowest BCUT2D eigenvalue weighted by Crippen LogP contribution is -2.32. The van der Waals surface area contributed by atoms with Gasteiger partial charge in [-0.05, 0) is 66.7 Å². The number of rotatable bonds is 6. The number of thiazole rings is 1. The van der Waals surface area contributed by atoms with Crippen molar-refractivity contribution in [2.45, 2.75) is 16.2 Å². The minimum absolute atomic E-state index is 0.272. The lowest BCUT2D eigenvalue weighted by atomic mass is 9.82. The van der Waals surface area contributed by atoms with Gasteiger partial charge in [-0.3, -0.25) is 19.2 Å². The molecule has 208 valence electrons. The second-order valence-electron chi connectivity index (χ2n) is 9.26. The third kappa shape index (κ3) is 5.32. The van der Waals surface area contributed by atoms with E-state index in [0.29, 0.717) is 31.9 Å². The fourth-order valence-corrected chi connectivity index (χ4v) is 7.92. The molecule has 3 aromatic carbocycles. The predicted molar refractivity (Wildman–Crippen MR) is 159 cm³/mol. The van der Waals surface area contributed by atoms with E-state index in [4.69, 9.17) is 16.3 Å². The Morgan fingerprint density at radius 2 is 1.78 bits per heavy atom. The van der Waals surface area contributed by atoms with Gasteiger partial charge in [-0.25, -0.2) is 9.29 Å². The number of benzene rings is 3. The van der Waals surface area contributed by atoms with Crippen LogP contribution in [0.3, 0.4) is 0 Å². The Labute approximate surface area is 254 Å². The third-order valence-corrected chi connectivity index (χ3v) is 9.87. The number of aromatic amines is 1. The van der Waals surface area contributed by atoms with E-state index < -0.39 is 47.2 Å². The maximum absolute atomic E-state index is 14.0. The second kappa shape index (κ2) is 11.1. The minimum atomic E-state index is -0.857. The molecule has 3 amide bonds. The number of imide groups is 1. The SMILES string of the molecule is O=C(COc1ccc(Cl)cc1[C@@H]1c2sc(=O)[nH]c2S[C@H]2C(=O)N(c3ccc(Br)cc3)C(=O)[C@@H]12)Nc1ccc(F)cc1. The zero-order chi connectivity index (χ0) is 28.8. The lowest BCUT2D eigenvalue weighted by Gasteiger charge is -2.31. The van der Waals surface area contributed by atoms with Crippen LogP contribution in [0.15, 0.2) is 81.0 Å². The molecule has 13 heteroatoms. The maximum atomic E-state index is 14.0. The molecule has 0 unspecified atom stereocenters. The van der Waals surface area contributed by atoms with Gasteiger partial charge in [0.25, 0.3) is 5.91 Å². The number of nitrogens with zero attached hydrogens (tertiary/aromatic N) is 1. The van der Waals surface area contributed by atoms with E-state index in [-0.39, 0.29) is 10.6 Å². The standard InChI is InChI=1S/C28H18BrClFN3O5S2/c29-13-1-8-17(9-2-13)34-26(36)22-21(23-25(33-28(38)41-23)40-24(22)27(34)37)18-11-14(30)3-10-19(18)39-12-20(35)32-16-6-4-15(31)5-7-16/h1-11,21-22,24H,12H2,(H,32,35)(H,33,38)/t21-,22-,24+/m0/s1. The summed E-state index contributed by atoms with van der Waals surface area (Å²) in [6.45, 7) is -0.393. The first-order chi connectivity index (χ1) is 19.7. The molecule has 0 aliphatic carbocycles. The molecule has 1 fully saturated rings. The first kappa shape index (κ1) is 27.7. The number of hydrogen-bond donors (Lipinski definition) is 2. The zero-order valence-corrected chi connectivity index (χ0v) is 24.7. The van der Waals surface area contributed by atoms with Gasteiger partial charge in [0.2, 0.25) is 11.8 Å². The van der Waals surface area contributed by atoms with Crippen molar-refractivity contribution in [3.63, 3.8) is 0 Å². The number of H-pyrrole nitrogens is 1. The Morgan fingerprint density at radius 3 is 2.51 bits per heavy atom. The van der Waals surface area contributed by atoms with Gasteiger partial charge < -0.3 is 15.0 Å². The smallest absolute Gasteiger partial charge is 0.305 e. The Hall–Kier alpha value is -3.45. The van der Waals surface area contributed by atoms with Crippen molar-refractivity contribution in [2.24, 2.45) is 5.92 Å². The van der Waals surface area contributed by atoms with E-state index in [0.717, 1.165) is 27.6 Å². The van der Waals surface area contributed by atoms with Crippen LogP contribution < -0.4 is 19.8 Å². The van der Waals surface area contributed by atoms with Gasteiger partial charge in [0, 0.05) is 31.5 Å². The summed E-state index contributed by atoms with van der Waals surface area (Å²) in [6, 6.07) is 17.0. The molecule has 8 nitrogen and oxygen atoms in total. The number of hydrogen-bond acceptors (Lipinski definition) is 7. The number of nitrogens with one attached hydrogen (secondary N) is 2. The van der Waals surface area contributed by atoms with E-state index in [2.05, 4.69) is 26.2 Å². The van der Waals surface area contributed by atoms with Crippen LogP contribution in [0.25, 0.3) is 0 Å². The molecule has 3 atom stereocenters. The fraction of sp³-hybridized carbons (Fsp3) is 0.143.